The quantitative estimate of drug-likeness (QED) is 0.0559. The molecule has 3 saturated heterocycles. The number of alkyl halides is 9. The maximum atomic E-state index is 14.5. The normalized spacial score (nSPS) is 15.9. The number of thiocarbonyl (C=S) groups is 1. The summed E-state index contributed by atoms with van der Waals surface area (Å²) >= 11 is 5.32. The third-order valence-corrected chi connectivity index (χ3v) is 15.2. The van der Waals surface area contributed by atoms with Gasteiger partial charge in [0.1, 0.15) is 34.1 Å². The Morgan fingerprint density at radius 1 is 0.468 bits per heavy atom. The second-order valence-corrected chi connectivity index (χ2v) is 22.3. The molecule has 6 aromatic rings. The molecule has 0 spiro atoms. The van der Waals surface area contributed by atoms with Crippen molar-refractivity contribution in [3.05, 3.63) is 177 Å². The summed E-state index contributed by atoms with van der Waals surface area (Å²) < 4.78 is 163. The number of hydrogen-bond donors (Lipinski definition) is 2. The molecular weight excluding hydrogens is 1290 g/mol. The van der Waals surface area contributed by atoms with E-state index in [-0.39, 0.29) is 45.5 Å². The molecule has 3 N–H and O–H groups in total. The smallest absolute Gasteiger partial charge is 0.417 e. The third kappa shape index (κ3) is 12.8. The van der Waals surface area contributed by atoms with Crippen LogP contribution in [0.5, 0.6) is 0 Å². The number of halogens is 12. The Hall–Kier alpha value is -11.2. The van der Waals surface area contributed by atoms with Crippen molar-refractivity contribution in [2.45, 2.75) is 90.0 Å². The Morgan fingerprint density at radius 3 is 1.05 bits per heavy atom. The predicted molar refractivity (Wildman–Crippen MR) is 313 cm³/mol. The Bertz CT molecular complexity index is 4210. The summed E-state index contributed by atoms with van der Waals surface area (Å²) in [5.41, 5.74) is -7.54. The highest BCUT2D eigenvalue weighted by Crippen LogP contribution is 2.44. The zero-order valence-electron chi connectivity index (χ0n) is 49.4. The Kier molecular flexibility index (Phi) is 18.8. The van der Waals surface area contributed by atoms with Crippen molar-refractivity contribution in [1.82, 2.24) is 0 Å². The van der Waals surface area contributed by atoms with Gasteiger partial charge in [0, 0.05) is 23.5 Å². The second-order valence-electron chi connectivity index (χ2n) is 21.9. The molecular formula is C62H44F12N10O9S. The number of primary amides is 1. The third-order valence-electron chi connectivity index (χ3n) is 14.8. The number of anilines is 6. The summed E-state index contributed by atoms with van der Waals surface area (Å²) in [6.45, 7) is 9.85. The highest BCUT2D eigenvalue weighted by molar-refractivity contribution is 7.81. The molecule has 0 atom stereocenters. The van der Waals surface area contributed by atoms with E-state index in [1.54, 1.807) is 6.92 Å². The summed E-state index contributed by atoms with van der Waals surface area (Å²) in [4.78, 5) is 104. The standard InChI is InChI=1S/C22H17F4N3O3.C20H14F4N4O3.C20H13F4N3O3S/c1-4-18(30)15-8-7-14(10-17(15)23)29-20(32)28(19(31)21(29,2)3)13-6-5-12(11-27)16(9-13)22(24,25)26;1-19(2)17(30)27(11-4-3-10(9-25)14(7-11)20(22,23)24)18(31)28(19)12-5-6-13(16(26)29)15(21)8-12;1-19(2)17(30)26(11-4-3-10(9-25)14(7-11)20(22,23)24)18(31)27(19)12-5-6-13(16(28)29)15(21)8-12/h5-10H,4H2,1-3H3;3-8H,1-2H3,(H2,26,29);3-8H,1-2H3,(H,28,29). The molecule has 19 nitrogen and oxygen atoms in total. The maximum Gasteiger partial charge on any atom is 0.417 e. The lowest BCUT2D eigenvalue weighted by Crippen LogP contribution is -2.44. The second kappa shape index (κ2) is 25.1. The molecule has 3 fully saturated rings. The summed E-state index contributed by atoms with van der Waals surface area (Å²) in [6.07, 6.45) is -14.5. The van der Waals surface area contributed by atoms with Crippen molar-refractivity contribution < 1.29 is 96.1 Å². The lowest BCUT2D eigenvalue weighted by Gasteiger charge is -2.29. The van der Waals surface area contributed by atoms with Crippen molar-refractivity contribution >= 4 is 98.9 Å². The van der Waals surface area contributed by atoms with E-state index in [0.29, 0.717) is 28.0 Å². The highest BCUT2D eigenvalue weighted by atomic mass is 32.1. The van der Waals surface area contributed by atoms with Crippen LogP contribution in [0.1, 0.15) is 119 Å². The van der Waals surface area contributed by atoms with Crippen molar-refractivity contribution in [3.8, 4) is 18.2 Å². The van der Waals surface area contributed by atoms with Gasteiger partial charge < -0.3 is 15.7 Å². The van der Waals surface area contributed by atoms with Gasteiger partial charge in [-0.3, -0.25) is 38.7 Å². The van der Waals surface area contributed by atoms with Crippen LogP contribution in [0.2, 0.25) is 0 Å². The first-order valence-electron chi connectivity index (χ1n) is 26.8. The number of nitrogens with two attached hydrogens (primary N) is 1. The minimum absolute atomic E-state index is 0.0364. The van der Waals surface area contributed by atoms with Crippen LogP contribution in [-0.2, 0) is 32.9 Å². The fourth-order valence-electron chi connectivity index (χ4n) is 10.1. The van der Waals surface area contributed by atoms with Gasteiger partial charge in [-0.05, 0) is 163 Å². The minimum Gasteiger partial charge on any atom is -0.478 e. The number of urea groups is 2. The fourth-order valence-corrected chi connectivity index (χ4v) is 10.6. The molecule has 0 aromatic heterocycles. The Labute approximate surface area is 529 Å². The maximum absolute atomic E-state index is 14.5. The fraction of sp³-hybridized carbons (Fsp3) is 0.226. The largest absolute Gasteiger partial charge is 0.478 e. The highest BCUT2D eigenvalue weighted by Gasteiger charge is 2.56. The molecule has 0 unspecified atom stereocenters. The number of benzene rings is 6. The lowest BCUT2D eigenvalue weighted by atomic mass is 10.0. The summed E-state index contributed by atoms with van der Waals surface area (Å²) in [5, 5.41) is 35.6. The zero-order chi connectivity index (χ0) is 70.6. The van der Waals surface area contributed by atoms with Gasteiger partial charge in [-0.2, -0.15) is 55.3 Å². The molecule has 3 heterocycles. The predicted octanol–water partition coefficient (Wildman–Crippen LogP) is 13.0. The number of Topliss-reactive ketones (excluding diaryl/α,β-unsaturated/α-hetero) is 1. The van der Waals surface area contributed by atoms with Crippen LogP contribution in [-0.4, -0.2) is 74.3 Å². The van der Waals surface area contributed by atoms with E-state index in [9.17, 15) is 91.0 Å². The van der Waals surface area contributed by atoms with Gasteiger partial charge in [0.2, 0.25) is 0 Å². The first-order chi connectivity index (χ1) is 43.4. The molecule has 32 heteroatoms. The van der Waals surface area contributed by atoms with Crippen LogP contribution in [0.4, 0.5) is 96.4 Å². The number of carboxylic acid groups (broad SMARTS) is 1. The molecule has 0 saturated carbocycles. The van der Waals surface area contributed by atoms with Gasteiger partial charge in [-0.15, -0.1) is 0 Å². The molecule has 0 aliphatic carbocycles. The zero-order valence-corrected chi connectivity index (χ0v) is 50.2. The summed E-state index contributed by atoms with van der Waals surface area (Å²) in [5.74, 6) is -8.34. The van der Waals surface area contributed by atoms with Crippen LogP contribution in [0.15, 0.2) is 109 Å². The Balaban J connectivity index is 0.000000200. The van der Waals surface area contributed by atoms with Gasteiger partial charge in [0.15, 0.2) is 10.9 Å². The van der Waals surface area contributed by atoms with E-state index >= 15 is 0 Å². The molecule has 3 aliphatic rings. The number of amides is 8. The summed E-state index contributed by atoms with van der Waals surface area (Å²) in [6, 6.07) is 19.6. The average molecular weight is 1330 g/mol. The van der Waals surface area contributed by atoms with E-state index in [2.05, 4.69) is 0 Å². The molecule has 6 aromatic carbocycles. The average Bonchev–Trinajstić information content (AvgIpc) is 1.60. The molecule has 0 bridgehead atoms. The molecule has 0 radical (unpaired) electrons. The first kappa shape index (κ1) is 70.3. The van der Waals surface area contributed by atoms with Gasteiger partial charge in [0.05, 0.1) is 85.3 Å². The van der Waals surface area contributed by atoms with E-state index in [0.717, 1.165) is 81.4 Å². The van der Waals surface area contributed by atoms with Crippen LogP contribution >= 0.6 is 12.2 Å². The number of aromatic carboxylic acids is 1. The molecule has 8 amide bonds. The van der Waals surface area contributed by atoms with Crippen molar-refractivity contribution in [3.63, 3.8) is 0 Å². The van der Waals surface area contributed by atoms with E-state index in [1.165, 1.54) is 88.9 Å². The number of carboxylic acids is 1. The number of ketones is 1. The number of nitrogens with zero attached hydrogens (tertiary/aromatic N) is 9. The van der Waals surface area contributed by atoms with Crippen LogP contribution in [0.25, 0.3) is 0 Å². The Morgan fingerprint density at radius 2 is 0.755 bits per heavy atom. The van der Waals surface area contributed by atoms with E-state index in [4.69, 9.17) is 38.8 Å². The van der Waals surface area contributed by atoms with Gasteiger partial charge >= 0.3 is 36.6 Å². The topological polar surface area (TPSA) is 274 Å². The number of carbonyl (C=O) groups is 8. The SMILES string of the molecule is CC1(C)C(=O)N(c2ccc(C#N)c(C(F)(F)F)c2)C(=O)N1c1ccc(C(N)=O)c(F)c1.CC1(C)C(=O)N(c2ccc(C#N)c(C(F)(F)F)c2)C(=S)N1c1ccc(C(=O)O)c(F)c1.CCC(=O)c1ccc(N2C(=O)N(c3ccc(C#N)c(C(F)(F)F)c3)C(=O)C2(C)C)cc1F. The number of rotatable bonds is 10. The summed E-state index contributed by atoms with van der Waals surface area (Å²) in [7, 11) is 0. The van der Waals surface area contributed by atoms with Crippen molar-refractivity contribution in [1.29, 1.82) is 15.8 Å². The molecule has 94 heavy (non-hydrogen) atoms. The molecule has 486 valence electrons. The molecule has 3 aliphatic heterocycles. The van der Waals surface area contributed by atoms with Gasteiger partial charge in [-0.25, -0.2) is 37.4 Å². The van der Waals surface area contributed by atoms with Crippen LogP contribution < -0.4 is 35.1 Å². The number of nitriles is 3. The number of carbonyl (C=O) groups excluding carboxylic acids is 7. The number of imide groups is 2. The van der Waals surface area contributed by atoms with E-state index in [1.807, 2.05) is 0 Å². The van der Waals surface area contributed by atoms with Gasteiger partial charge in [0.25, 0.3) is 23.6 Å². The minimum atomic E-state index is -4.89. The lowest BCUT2D eigenvalue weighted by molar-refractivity contribution is -0.138. The molecule has 9 rings (SSSR count). The van der Waals surface area contributed by atoms with Crippen LogP contribution in [0.3, 0.4) is 0 Å². The van der Waals surface area contributed by atoms with Gasteiger partial charge in [-0.1, -0.05) is 6.92 Å². The van der Waals surface area contributed by atoms with Crippen molar-refractivity contribution in [2.24, 2.45) is 5.73 Å². The first-order valence-corrected chi connectivity index (χ1v) is 27.2. The number of hydrogen-bond acceptors (Lipinski definition) is 12. The van der Waals surface area contributed by atoms with E-state index < -0.39 is 150 Å². The monoisotopic (exact) mass is 1330 g/mol. The van der Waals surface area contributed by atoms with Crippen LogP contribution in [0, 0.1) is 51.4 Å². The van der Waals surface area contributed by atoms with Crippen molar-refractivity contribution in [2.75, 3.05) is 29.4 Å².